The van der Waals surface area contributed by atoms with Crippen LogP contribution in [0.5, 0.6) is 0 Å². The summed E-state index contributed by atoms with van der Waals surface area (Å²) in [4.78, 5) is 0. The van der Waals surface area contributed by atoms with Gasteiger partial charge >= 0.3 is 0 Å². The predicted molar refractivity (Wildman–Crippen MR) is 38.6 cm³/mol. The van der Waals surface area contributed by atoms with E-state index in [1.165, 1.54) is 0 Å². The number of hydrogen-bond acceptors (Lipinski definition) is 2. The normalized spacial score (nSPS) is 36.0. The van der Waals surface area contributed by atoms with Crippen molar-refractivity contribution in [3.63, 3.8) is 0 Å². The van der Waals surface area contributed by atoms with Crippen molar-refractivity contribution >= 4 is 0 Å². The van der Waals surface area contributed by atoms with Crippen LogP contribution in [0.3, 0.4) is 0 Å². The molecular formula is C7H14N2. The highest BCUT2D eigenvalue weighted by Crippen LogP contribution is 2.18. The van der Waals surface area contributed by atoms with E-state index >= 15 is 0 Å². The van der Waals surface area contributed by atoms with Gasteiger partial charge in [0, 0.05) is 11.7 Å². The van der Waals surface area contributed by atoms with E-state index in [0.717, 1.165) is 18.5 Å². The zero-order chi connectivity index (χ0) is 6.85. The van der Waals surface area contributed by atoms with Crippen LogP contribution in [0.25, 0.3) is 0 Å². The Labute approximate surface area is 55.9 Å². The summed E-state index contributed by atoms with van der Waals surface area (Å²) in [6.45, 7) is 2.16. The van der Waals surface area contributed by atoms with Gasteiger partial charge in [0.1, 0.15) is 0 Å². The molecule has 0 saturated heterocycles. The van der Waals surface area contributed by atoms with Crippen molar-refractivity contribution in [2.45, 2.75) is 25.8 Å². The lowest BCUT2D eigenvalue weighted by atomic mass is 9.90. The summed E-state index contributed by atoms with van der Waals surface area (Å²) in [7, 11) is 0. The Bertz CT molecular complexity index is 129. The highest BCUT2D eigenvalue weighted by molar-refractivity contribution is 5.07. The van der Waals surface area contributed by atoms with Gasteiger partial charge in [-0.25, -0.2) is 0 Å². The minimum absolute atomic E-state index is 0.193. The molecule has 2 heteroatoms. The fraction of sp³-hybridized carbons (Fsp3) is 0.714. The van der Waals surface area contributed by atoms with Crippen LogP contribution in [0, 0.1) is 5.92 Å². The van der Waals surface area contributed by atoms with Crippen LogP contribution in [-0.2, 0) is 0 Å². The fourth-order valence-corrected chi connectivity index (χ4v) is 1.08. The second kappa shape index (κ2) is 2.40. The largest absolute Gasteiger partial charge is 0.402 e. The minimum atomic E-state index is 0.193. The van der Waals surface area contributed by atoms with Crippen molar-refractivity contribution in [1.29, 1.82) is 0 Å². The van der Waals surface area contributed by atoms with Gasteiger partial charge in [0.15, 0.2) is 0 Å². The van der Waals surface area contributed by atoms with Gasteiger partial charge in [-0.3, -0.25) is 0 Å². The Morgan fingerprint density at radius 1 is 1.67 bits per heavy atom. The zero-order valence-corrected chi connectivity index (χ0v) is 5.80. The average Bonchev–Trinajstić information content (AvgIpc) is 1.80. The third kappa shape index (κ3) is 1.45. The topological polar surface area (TPSA) is 52.0 Å². The average molecular weight is 126 g/mol. The molecule has 0 aliphatic heterocycles. The summed E-state index contributed by atoms with van der Waals surface area (Å²) in [5.74, 6) is 0.609. The Hall–Kier alpha value is -0.500. The molecule has 0 aromatic heterocycles. The third-order valence-corrected chi connectivity index (χ3v) is 1.95. The van der Waals surface area contributed by atoms with Crippen molar-refractivity contribution in [3.8, 4) is 0 Å². The summed E-state index contributed by atoms with van der Waals surface area (Å²) >= 11 is 0. The van der Waals surface area contributed by atoms with Gasteiger partial charge < -0.3 is 11.5 Å². The molecule has 9 heavy (non-hydrogen) atoms. The summed E-state index contributed by atoms with van der Waals surface area (Å²) in [5.41, 5.74) is 12.2. The van der Waals surface area contributed by atoms with E-state index < -0.39 is 0 Å². The van der Waals surface area contributed by atoms with Crippen LogP contribution in [0.1, 0.15) is 19.8 Å². The maximum Gasteiger partial charge on any atom is 0.0269 e. The molecule has 0 radical (unpaired) electrons. The molecule has 0 saturated carbocycles. The molecule has 52 valence electrons. The summed E-state index contributed by atoms with van der Waals surface area (Å²) in [6.07, 6.45) is 4.13. The number of rotatable bonds is 0. The summed E-state index contributed by atoms with van der Waals surface area (Å²) in [5, 5.41) is 0. The van der Waals surface area contributed by atoms with E-state index in [1.54, 1.807) is 0 Å². The standard InChI is InChI=1S/C7H14N2/c1-5-2-3-6(8)4-7(5)9/h4-5,7H,2-3,8-9H2,1H3. The van der Waals surface area contributed by atoms with Crippen LogP contribution in [0.4, 0.5) is 0 Å². The Kier molecular flexibility index (Phi) is 1.76. The van der Waals surface area contributed by atoms with Crippen LogP contribution in [-0.4, -0.2) is 6.04 Å². The lowest BCUT2D eigenvalue weighted by Gasteiger charge is -2.22. The van der Waals surface area contributed by atoms with Gasteiger partial charge in [0.25, 0.3) is 0 Å². The minimum Gasteiger partial charge on any atom is -0.402 e. The first-order valence-corrected chi connectivity index (χ1v) is 3.42. The van der Waals surface area contributed by atoms with E-state index in [2.05, 4.69) is 6.92 Å². The summed E-state index contributed by atoms with van der Waals surface area (Å²) < 4.78 is 0. The molecule has 0 bridgehead atoms. The maximum atomic E-state index is 5.71. The molecule has 0 amide bonds. The lowest BCUT2D eigenvalue weighted by molar-refractivity contribution is 0.454. The Morgan fingerprint density at radius 2 is 2.33 bits per heavy atom. The van der Waals surface area contributed by atoms with Crippen LogP contribution in [0.15, 0.2) is 11.8 Å². The van der Waals surface area contributed by atoms with Crippen LogP contribution < -0.4 is 11.5 Å². The SMILES string of the molecule is CC1CCC(N)=CC1N. The maximum absolute atomic E-state index is 5.71. The first-order chi connectivity index (χ1) is 4.20. The second-order valence-electron chi connectivity index (χ2n) is 2.83. The molecule has 2 nitrogen and oxygen atoms in total. The number of allylic oxidation sites excluding steroid dienone is 1. The van der Waals surface area contributed by atoms with Gasteiger partial charge in [0.2, 0.25) is 0 Å². The highest BCUT2D eigenvalue weighted by atomic mass is 14.7. The number of hydrogen-bond donors (Lipinski definition) is 2. The molecule has 0 spiro atoms. The second-order valence-corrected chi connectivity index (χ2v) is 2.83. The molecule has 0 aromatic carbocycles. The van der Waals surface area contributed by atoms with Gasteiger partial charge in [-0.1, -0.05) is 6.92 Å². The quantitative estimate of drug-likeness (QED) is 0.499. The van der Waals surface area contributed by atoms with Gasteiger partial charge in [0.05, 0.1) is 0 Å². The molecule has 1 aliphatic rings. The van der Waals surface area contributed by atoms with Crippen molar-refractivity contribution in [1.82, 2.24) is 0 Å². The van der Waals surface area contributed by atoms with E-state index in [-0.39, 0.29) is 6.04 Å². The van der Waals surface area contributed by atoms with E-state index in [9.17, 15) is 0 Å². The van der Waals surface area contributed by atoms with Crippen LogP contribution >= 0.6 is 0 Å². The predicted octanol–water partition coefficient (Wildman–Crippen LogP) is 0.586. The van der Waals surface area contributed by atoms with E-state index in [1.807, 2.05) is 6.08 Å². The number of nitrogens with two attached hydrogens (primary N) is 2. The molecule has 4 N–H and O–H groups in total. The highest BCUT2D eigenvalue weighted by Gasteiger charge is 2.15. The molecule has 0 fully saturated rings. The molecule has 1 rings (SSSR count). The molecule has 0 heterocycles. The Balaban J connectivity index is 2.58. The fourth-order valence-electron chi connectivity index (χ4n) is 1.08. The monoisotopic (exact) mass is 126 g/mol. The van der Waals surface area contributed by atoms with Crippen molar-refractivity contribution in [3.05, 3.63) is 11.8 Å². The smallest absolute Gasteiger partial charge is 0.0269 e. The third-order valence-electron chi connectivity index (χ3n) is 1.95. The Morgan fingerprint density at radius 3 is 2.78 bits per heavy atom. The van der Waals surface area contributed by atoms with E-state index in [4.69, 9.17) is 11.5 Å². The van der Waals surface area contributed by atoms with Gasteiger partial charge in [-0.2, -0.15) is 0 Å². The van der Waals surface area contributed by atoms with Crippen molar-refractivity contribution < 1.29 is 0 Å². The molecule has 0 aromatic rings. The van der Waals surface area contributed by atoms with E-state index in [0.29, 0.717) is 5.92 Å². The molecular weight excluding hydrogens is 112 g/mol. The first-order valence-electron chi connectivity index (χ1n) is 3.42. The van der Waals surface area contributed by atoms with Crippen LogP contribution in [0.2, 0.25) is 0 Å². The summed E-state index contributed by atoms with van der Waals surface area (Å²) in [6, 6.07) is 0.193. The first kappa shape index (κ1) is 6.62. The lowest BCUT2D eigenvalue weighted by Crippen LogP contribution is -2.30. The zero-order valence-electron chi connectivity index (χ0n) is 5.80. The van der Waals surface area contributed by atoms with Crippen molar-refractivity contribution in [2.24, 2.45) is 17.4 Å². The van der Waals surface area contributed by atoms with Gasteiger partial charge in [-0.05, 0) is 24.8 Å². The van der Waals surface area contributed by atoms with Crippen molar-refractivity contribution in [2.75, 3.05) is 0 Å². The molecule has 2 atom stereocenters. The molecule has 2 unspecified atom stereocenters. The molecule has 1 aliphatic carbocycles. The van der Waals surface area contributed by atoms with Gasteiger partial charge in [-0.15, -0.1) is 0 Å².